The minimum atomic E-state index is -0.838. The molecule has 1 heterocycles. The molecule has 8 heteroatoms. The smallest absolute Gasteiger partial charge is 0.254 e. The molecule has 1 unspecified atom stereocenters. The number of likely N-dealkylation sites (N-methyl/N-ethyl adjacent to an activating group) is 1. The quantitative estimate of drug-likeness (QED) is 0.782. The molecule has 1 aromatic rings. The van der Waals surface area contributed by atoms with Gasteiger partial charge in [0.25, 0.3) is 5.91 Å². The number of nitrogens with zero attached hydrogens (tertiary/aromatic N) is 2. The summed E-state index contributed by atoms with van der Waals surface area (Å²) in [4.78, 5) is 37.3. The normalized spacial score (nSPS) is 17.4. The van der Waals surface area contributed by atoms with Crippen LogP contribution in [0, 0.1) is 0 Å². The van der Waals surface area contributed by atoms with Crippen molar-refractivity contribution >= 4 is 40.7 Å². The Kier molecular flexibility index (Phi) is 5.28. The molecule has 122 valence electrons. The molecule has 2 rings (SSSR count). The van der Waals surface area contributed by atoms with Crippen molar-refractivity contribution in [3.8, 4) is 0 Å². The van der Waals surface area contributed by atoms with Crippen LogP contribution in [0.15, 0.2) is 30.3 Å². The Hall–Kier alpha value is -2.48. The average molecular weight is 334 g/mol. The number of nitrogens with one attached hydrogen (secondary N) is 2. The third-order valence-corrected chi connectivity index (χ3v) is 3.75. The van der Waals surface area contributed by atoms with Gasteiger partial charge in [0.15, 0.2) is 5.11 Å². The number of hydrogen-bond donors (Lipinski definition) is 2. The standard InChI is InChI=1S/C15H18N4O3S/c1-3-18-14(22)12(19(15(18)23)17-10(2)20)9-13(21)16-11-7-5-4-6-8-11/h4-8,12H,3,9H2,1-2H3,(H,16,21)(H,17,20). The van der Waals surface area contributed by atoms with Crippen LogP contribution in [-0.2, 0) is 14.4 Å². The molecule has 0 bridgehead atoms. The summed E-state index contributed by atoms with van der Waals surface area (Å²) in [5.41, 5.74) is 3.16. The molecule has 2 N–H and O–H groups in total. The Labute approximate surface area is 139 Å². The molecule has 3 amide bonds. The highest BCUT2D eigenvalue weighted by Gasteiger charge is 2.43. The van der Waals surface area contributed by atoms with E-state index in [0.717, 1.165) is 0 Å². The number of para-hydroxylation sites is 1. The number of carbonyl (C=O) groups excluding carboxylic acids is 3. The van der Waals surface area contributed by atoms with Gasteiger partial charge in [0, 0.05) is 19.2 Å². The highest BCUT2D eigenvalue weighted by atomic mass is 32.1. The van der Waals surface area contributed by atoms with E-state index in [2.05, 4.69) is 10.7 Å². The van der Waals surface area contributed by atoms with Gasteiger partial charge in [-0.2, -0.15) is 0 Å². The Balaban J connectivity index is 2.11. The van der Waals surface area contributed by atoms with Crippen LogP contribution >= 0.6 is 12.2 Å². The van der Waals surface area contributed by atoms with Gasteiger partial charge in [0.1, 0.15) is 6.04 Å². The molecular formula is C15H18N4O3S. The number of hydrogen-bond acceptors (Lipinski definition) is 4. The van der Waals surface area contributed by atoms with Crippen LogP contribution in [0.2, 0.25) is 0 Å². The Morgan fingerprint density at radius 3 is 2.48 bits per heavy atom. The first kappa shape index (κ1) is 16.9. The van der Waals surface area contributed by atoms with E-state index in [-0.39, 0.29) is 29.3 Å². The number of hydrazine groups is 1. The van der Waals surface area contributed by atoms with Gasteiger partial charge in [0.2, 0.25) is 11.8 Å². The zero-order chi connectivity index (χ0) is 17.0. The summed E-state index contributed by atoms with van der Waals surface area (Å²) in [6.07, 6.45) is -0.107. The molecule has 0 aromatic heterocycles. The first-order valence-corrected chi connectivity index (χ1v) is 7.61. The molecule has 0 radical (unpaired) electrons. The lowest BCUT2D eigenvalue weighted by molar-refractivity contribution is -0.132. The van der Waals surface area contributed by atoms with Crippen molar-refractivity contribution in [2.45, 2.75) is 26.3 Å². The number of thiocarbonyl (C=S) groups is 1. The van der Waals surface area contributed by atoms with Crippen molar-refractivity contribution in [3.05, 3.63) is 30.3 Å². The van der Waals surface area contributed by atoms with E-state index in [4.69, 9.17) is 12.2 Å². The Morgan fingerprint density at radius 2 is 1.91 bits per heavy atom. The molecule has 0 saturated carbocycles. The van der Waals surface area contributed by atoms with Crippen molar-refractivity contribution in [1.82, 2.24) is 15.3 Å². The lowest BCUT2D eigenvalue weighted by atomic mass is 10.2. The number of anilines is 1. The van der Waals surface area contributed by atoms with E-state index in [9.17, 15) is 14.4 Å². The summed E-state index contributed by atoms with van der Waals surface area (Å²) in [6.45, 7) is 3.48. The summed E-state index contributed by atoms with van der Waals surface area (Å²) < 4.78 is 0. The third-order valence-electron chi connectivity index (χ3n) is 3.33. The van der Waals surface area contributed by atoms with Crippen molar-refractivity contribution < 1.29 is 14.4 Å². The largest absolute Gasteiger partial charge is 0.326 e. The van der Waals surface area contributed by atoms with E-state index in [1.165, 1.54) is 16.8 Å². The van der Waals surface area contributed by atoms with Gasteiger partial charge in [-0.3, -0.25) is 24.7 Å². The van der Waals surface area contributed by atoms with E-state index in [0.29, 0.717) is 12.2 Å². The molecule has 1 aliphatic rings. The van der Waals surface area contributed by atoms with Gasteiger partial charge in [0.05, 0.1) is 6.42 Å². The second-order valence-corrected chi connectivity index (χ2v) is 5.40. The molecule has 0 aliphatic carbocycles. The summed E-state index contributed by atoms with van der Waals surface area (Å²) >= 11 is 5.20. The predicted molar refractivity (Wildman–Crippen MR) is 89.1 cm³/mol. The van der Waals surface area contributed by atoms with Crippen molar-refractivity contribution in [1.29, 1.82) is 0 Å². The fraction of sp³-hybridized carbons (Fsp3) is 0.333. The summed E-state index contributed by atoms with van der Waals surface area (Å²) in [5.74, 6) is -0.980. The maximum atomic E-state index is 12.4. The summed E-state index contributed by atoms with van der Waals surface area (Å²) in [6, 6.07) is 8.11. The van der Waals surface area contributed by atoms with E-state index >= 15 is 0 Å². The van der Waals surface area contributed by atoms with E-state index in [1.807, 2.05) is 6.07 Å². The Morgan fingerprint density at radius 1 is 1.26 bits per heavy atom. The minimum Gasteiger partial charge on any atom is -0.326 e. The summed E-state index contributed by atoms with van der Waals surface area (Å²) in [7, 11) is 0. The highest BCUT2D eigenvalue weighted by Crippen LogP contribution is 2.19. The van der Waals surface area contributed by atoms with Gasteiger partial charge in [-0.1, -0.05) is 18.2 Å². The maximum absolute atomic E-state index is 12.4. The zero-order valence-electron chi connectivity index (χ0n) is 12.9. The van der Waals surface area contributed by atoms with Crippen LogP contribution < -0.4 is 10.7 Å². The third kappa shape index (κ3) is 3.84. The number of amides is 3. The fourth-order valence-corrected chi connectivity index (χ4v) is 2.71. The van der Waals surface area contributed by atoms with Gasteiger partial charge in [-0.05, 0) is 31.3 Å². The van der Waals surface area contributed by atoms with Gasteiger partial charge >= 0.3 is 0 Å². The lowest BCUT2D eigenvalue weighted by Gasteiger charge is -2.23. The van der Waals surface area contributed by atoms with Crippen LogP contribution in [0.5, 0.6) is 0 Å². The second kappa shape index (κ2) is 7.19. The molecule has 1 aliphatic heterocycles. The molecule has 1 aromatic carbocycles. The van der Waals surface area contributed by atoms with Gasteiger partial charge < -0.3 is 5.32 Å². The minimum absolute atomic E-state index is 0.107. The molecule has 7 nitrogen and oxygen atoms in total. The fourth-order valence-electron chi connectivity index (χ4n) is 2.32. The van der Waals surface area contributed by atoms with Gasteiger partial charge in [-0.15, -0.1) is 0 Å². The number of carbonyl (C=O) groups is 3. The first-order chi connectivity index (χ1) is 10.9. The maximum Gasteiger partial charge on any atom is 0.254 e. The van der Waals surface area contributed by atoms with Crippen LogP contribution in [0.3, 0.4) is 0 Å². The average Bonchev–Trinajstić information content (AvgIpc) is 2.71. The molecule has 1 saturated heterocycles. The summed E-state index contributed by atoms with van der Waals surface area (Å²) in [5, 5.41) is 4.20. The van der Waals surface area contributed by atoms with Crippen molar-refractivity contribution in [2.75, 3.05) is 11.9 Å². The molecule has 1 atom stereocenters. The van der Waals surface area contributed by atoms with Crippen LogP contribution in [0.25, 0.3) is 0 Å². The van der Waals surface area contributed by atoms with E-state index in [1.54, 1.807) is 31.2 Å². The highest BCUT2D eigenvalue weighted by molar-refractivity contribution is 7.80. The predicted octanol–water partition coefficient (Wildman–Crippen LogP) is 0.884. The van der Waals surface area contributed by atoms with Crippen molar-refractivity contribution in [3.63, 3.8) is 0 Å². The van der Waals surface area contributed by atoms with E-state index < -0.39 is 6.04 Å². The molecular weight excluding hydrogens is 316 g/mol. The lowest BCUT2D eigenvalue weighted by Crippen LogP contribution is -2.49. The number of rotatable bonds is 5. The van der Waals surface area contributed by atoms with Crippen molar-refractivity contribution in [2.24, 2.45) is 0 Å². The molecule has 0 spiro atoms. The van der Waals surface area contributed by atoms with Gasteiger partial charge in [-0.25, -0.2) is 5.01 Å². The Bertz CT molecular complexity index is 635. The molecule has 1 fully saturated rings. The first-order valence-electron chi connectivity index (χ1n) is 7.20. The zero-order valence-corrected chi connectivity index (χ0v) is 13.7. The topological polar surface area (TPSA) is 81.8 Å². The van der Waals surface area contributed by atoms with Crippen LogP contribution in [0.1, 0.15) is 20.3 Å². The second-order valence-electron chi connectivity index (χ2n) is 5.04. The molecule has 23 heavy (non-hydrogen) atoms. The SMILES string of the molecule is CCN1C(=O)C(CC(=O)Nc2ccccc2)N(NC(C)=O)C1=S. The number of benzene rings is 1. The van der Waals surface area contributed by atoms with Crippen LogP contribution in [-0.4, -0.2) is 45.3 Å². The monoisotopic (exact) mass is 334 g/mol. The van der Waals surface area contributed by atoms with Crippen LogP contribution in [0.4, 0.5) is 5.69 Å².